The Morgan fingerprint density at radius 3 is 1.17 bits per heavy atom. The van der Waals surface area contributed by atoms with Crippen molar-refractivity contribution in [3.05, 3.63) is 119 Å². The van der Waals surface area contributed by atoms with Crippen LogP contribution in [0, 0.1) is 0 Å². The van der Waals surface area contributed by atoms with Crippen molar-refractivity contribution in [2.24, 2.45) is 0 Å². The summed E-state index contributed by atoms with van der Waals surface area (Å²) >= 11 is 1.20. The Balaban J connectivity index is 1.72. The van der Waals surface area contributed by atoms with Crippen molar-refractivity contribution in [2.45, 2.75) is 24.7 Å². The molecule has 0 spiro atoms. The van der Waals surface area contributed by atoms with Crippen LogP contribution in [-0.4, -0.2) is 0 Å². The van der Waals surface area contributed by atoms with Crippen LogP contribution in [0.4, 0.5) is 63.4 Å². The third-order valence-corrected chi connectivity index (χ3v) is 7.76. The standard InChI is InChI=1S/C32H17F12NS/c33-29(34,35)22-9-20(10-23(15-22)30(36,37)38)18-8-19(21-11-24(31(39,40)41)16-25(12-21)32(42,43)44)14-26(13-18)45-28-7-6-27(46-28)17-4-2-1-3-5-17/h1-16,45H. The van der Waals surface area contributed by atoms with Crippen molar-refractivity contribution in [2.75, 3.05) is 5.32 Å². The molecule has 0 fully saturated rings. The fourth-order valence-corrected chi connectivity index (χ4v) is 5.51. The maximum atomic E-state index is 13.6. The first-order valence-corrected chi connectivity index (χ1v) is 13.8. The molecule has 1 aromatic heterocycles. The molecular weight excluding hydrogens is 658 g/mol. The highest BCUT2D eigenvalue weighted by Gasteiger charge is 2.38. The summed E-state index contributed by atoms with van der Waals surface area (Å²) in [6, 6.07) is 17.0. The van der Waals surface area contributed by atoms with E-state index in [-0.39, 0.29) is 28.9 Å². The number of nitrogens with one attached hydrogen (secondary N) is 1. The predicted octanol–water partition coefficient (Wildman–Crippen LogP) is 12.6. The van der Waals surface area contributed by atoms with Gasteiger partial charge >= 0.3 is 24.7 Å². The fourth-order valence-electron chi connectivity index (χ4n) is 4.58. The van der Waals surface area contributed by atoms with Gasteiger partial charge in [0.2, 0.25) is 0 Å². The quantitative estimate of drug-likeness (QED) is 0.183. The Morgan fingerprint density at radius 2 is 0.783 bits per heavy atom. The van der Waals surface area contributed by atoms with Crippen LogP contribution in [0.5, 0.6) is 0 Å². The van der Waals surface area contributed by atoms with Crippen LogP contribution >= 0.6 is 11.3 Å². The van der Waals surface area contributed by atoms with Gasteiger partial charge in [0.05, 0.1) is 27.3 Å². The summed E-state index contributed by atoms with van der Waals surface area (Å²) in [5.74, 6) is 0. The lowest BCUT2D eigenvalue weighted by Gasteiger charge is -2.17. The van der Waals surface area contributed by atoms with Crippen molar-refractivity contribution in [1.29, 1.82) is 0 Å². The molecule has 5 rings (SSSR count). The third kappa shape index (κ3) is 7.49. The van der Waals surface area contributed by atoms with Crippen LogP contribution in [0.2, 0.25) is 0 Å². The molecule has 1 N–H and O–H groups in total. The smallest absolute Gasteiger partial charge is 0.347 e. The van der Waals surface area contributed by atoms with Gasteiger partial charge in [0, 0.05) is 10.6 Å². The highest BCUT2D eigenvalue weighted by Crippen LogP contribution is 2.43. The molecule has 1 heterocycles. The number of hydrogen-bond donors (Lipinski definition) is 1. The molecule has 0 atom stereocenters. The summed E-state index contributed by atoms with van der Waals surface area (Å²) in [6.07, 6.45) is -20.8. The van der Waals surface area contributed by atoms with E-state index in [4.69, 9.17) is 0 Å². The van der Waals surface area contributed by atoms with E-state index in [0.717, 1.165) is 28.6 Å². The molecule has 14 heteroatoms. The normalized spacial score (nSPS) is 12.8. The van der Waals surface area contributed by atoms with Gasteiger partial charge in [-0.3, -0.25) is 0 Å². The van der Waals surface area contributed by atoms with Crippen LogP contribution in [0.15, 0.2) is 97.1 Å². The van der Waals surface area contributed by atoms with E-state index in [9.17, 15) is 52.7 Å². The zero-order valence-electron chi connectivity index (χ0n) is 22.7. The van der Waals surface area contributed by atoms with Gasteiger partial charge in [-0.1, -0.05) is 30.3 Å². The molecule has 0 saturated heterocycles. The molecular formula is C32H17F12NS. The molecule has 0 saturated carbocycles. The topological polar surface area (TPSA) is 12.0 Å². The minimum absolute atomic E-state index is 0.0223. The van der Waals surface area contributed by atoms with E-state index in [0.29, 0.717) is 29.3 Å². The maximum absolute atomic E-state index is 13.6. The number of rotatable bonds is 5. The highest BCUT2D eigenvalue weighted by molar-refractivity contribution is 7.19. The average molecular weight is 676 g/mol. The SMILES string of the molecule is FC(F)(F)c1cc(-c2cc(Nc3ccc(-c4ccccc4)s3)cc(-c3cc(C(F)(F)F)cc(C(F)(F)F)c3)c2)cc(C(F)(F)F)c1. The fraction of sp³-hybridized carbons (Fsp3) is 0.125. The lowest BCUT2D eigenvalue weighted by Crippen LogP contribution is -2.11. The third-order valence-electron chi connectivity index (χ3n) is 6.71. The van der Waals surface area contributed by atoms with Gasteiger partial charge in [0.25, 0.3) is 0 Å². The molecule has 1 nitrogen and oxygen atoms in total. The average Bonchev–Trinajstić information content (AvgIpc) is 3.43. The van der Waals surface area contributed by atoms with Crippen LogP contribution in [0.1, 0.15) is 22.3 Å². The van der Waals surface area contributed by atoms with E-state index in [1.807, 2.05) is 12.1 Å². The molecule has 0 bridgehead atoms. The Bertz CT molecular complexity index is 1710. The predicted molar refractivity (Wildman–Crippen MR) is 150 cm³/mol. The Labute approximate surface area is 256 Å². The van der Waals surface area contributed by atoms with Crippen molar-refractivity contribution >= 4 is 22.0 Å². The second-order valence-electron chi connectivity index (χ2n) is 10.0. The van der Waals surface area contributed by atoms with Crippen molar-refractivity contribution < 1.29 is 52.7 Å². The Kier molecular flexibility index (Phi) is 8.39. The van der Waals surface area contributed by atoms with Gasteiger partial charge in [-0.2, -0.15) is 52.7 Å². The zero-order chi connectivity index (χ0) is 33.7. The Morgan fingerprint density at radius 1 is 0.391 bits per heavy atom. The molecule has 0 radical (unpaired) electrons. The second kappa shape index (κ2) is 11.7. The maximum Gasteiger partial charge on any atom is 0.416 e. The highest BCUT2D eigenvalue weighted by atomic mass is 32.1. The molecule has 0 aliphatic rings. The largest absolute Gasteiger partial charge is 0.416 e. The van der Waals surface area contributed by atoms with E-state index in [1.165, 1.54) is 11.3 Å². The van der Waals surface area contributed by atoms with Crippen molar-refractivity contribution in [1.82, 2.24) is 0 Å². The van der Waals surface area contributed by atoms with Gasteiger partial charge in [-0.05, 0) is 94.5 Å². The lowest BCUT2D eigenvalue weighted by molar-refractivity contribution is -0.144. The number of anilines is 2. The van der Waals surface area contributed by atoms with Crippen molar-refractivity contribution in [3.63, 3.8) is 0 Å². The molecule has 0 aliphatic heterocycles. The first-order chi connectivity index (χ1) is 21.3. The number of alkyl halides is 12. The van der Waals surface area contributed by atoms with Gasteiger partial charge in [0.1, 0.15) is 0 Å². The van der Waals surface area contributed by atoms with Gasteiger partial charge in [0.15, 0.2) is 0 Å². The van der Waals surface area contributed by atoms with Crippen LogP contribution in [0.25, 0.3) is 32.7 Å². The summed E-state index contributed by atoms with van der Waals surface area (Å²) in [6.45, 7) is 0. The molecule has 0 amide bonds. The summed E-state index contributed by atoms with van der Waals surface area (Å²) in [5.41, 5.74) is -7.71. The molecule has 0 unspecified atom stereocenters. The Hall–Kier alpha value is -4.46. The summed E-state index contributed by atoms with van der Waals surface area (Å²) in [7, 11) is 0. The van der Waals surface area contributed by atoms with E-state index >= 15 is 0 Å². The number of thiophene rings is 1. The molecule has 46 heavy (non-hydrogen) atoms. The van der Waals surface area contributed by atoms with Crippen LogP contribution in [0.3, 0.4) is 0 Å². The number of benzene rings is 4. The van der Waals surface area contributed by atoms with Crippen LogP contribution in [-0.2, 0) is 24.7 Å². The van der Waals surface area contributed by atoms with Crippen molar-refractivity contribution in [3.8, 4) is 32.7 Å². The minimum Gasteiger partial charge on any atom is -0.347 e. The first-order valence-electron chi connectivity index (χ1n) is 12.9. The zero-order valence-corrected chi connectivity index (χ0v) is 23.5. The van der Waals surface area contributed by atoms with Gasteiger partial charge < -0.3 is 5.32 Å². The summed E-state index contributed by atoms with van der Waals surface area (Å²) in [5, 5.41) is 3.34. The summed E-state index contributed by atoms with van der Waals surface area (Å²) < 4.78 is 164. The minimum atomic E-state index is -5.21. The lowest BCUT2D eigenvalue weighted by atomic mass is 9.93. The molecule has 240 valence electrons. The van der Waals surface area contributed by atoms with Gasteiger partial charge in [-0.15, -0.1) is 11.3 Å². The second-order valence-corrected chi connectivity index (χ2v) is 11.1. The molecule has 0 aliphatic carbocycles. The monoisotopic (exact) mass is 675 g/mol. The molecule has 5 aromatic rings. The summed E-state index contributed by atoms with van der Waals surface area (Å²) in [4.78, 5) is 0.764. The first kappa shape index (κ1) is 32.9. The molecule has 4 aromatic carbocycles. The van der Waals surface area contributed by atoms with E-state index in [1.54, 1.807) is 30.3 Å². The van der Waals surface area contributed by atoms with Gasteiger partial charge in [-0.25, -0.2) is 0 Å². The van der Waals surface area contributed by atoms with E-state index < -0.39 is 58.1 Å². The van der Waals surface area contributed by atoms with Crippen LogP contribution < -0.4 is 5.32 Å². The number of hydrogen-bond acceptors (Lipinski definition) is 2. The number of halogens is 12. The van der Waals surface area contributed by atoms with E-state index in [2.05, 4.69) is 5.32 Å².